The molecular weight excluding hydrogens is 400 g/mol. The van der Waals surface area contributed by atoms with Gasteiger partial charge < -0.3 is 18.4 Å². The van der Waals surface area contributed by atoms with Gasteiger partial charge >= 0.3 is 71.1 Å². The third kappa shape index (κ3) is 26.9. The van der Waals surface area contributed by atoms with Crippen LogP contribution in [0.15, 0.2) is 0 Å². The van der Waals surface area contributed by atoms with Crippen LogP contribution in [0.4, 0.5) is 0 Å². The third-order valence-electron chi connectivity index (χ3n) is 5.21. The van der Waals surface area contributed by atoms with Gasteiger partial charge in [0.2, 0.25) is 0 Å². The maximum atomic E-state index is 11.6. The minimum atomic E-state index is -0.943. The Morgan fingerprint density at radius 1 is 0.767 bits per heavy atom. The molecule has 0 radical (unpaired) electrons. The van der Waals surface area contributed by atoms with Crippen molar-refractivity contribution in [1.82, 2.24) is 0 Å². The smallest absolute Gasteiger partial charge is 1.00 e. The Kier molecular flexibility index (Phi) is 33.0. The summed E-state index contributed by atoms with van der Waals surface area (Å²) < 4.78 is 5.10. The molecule has 0 heterocycles. The number of ether oxygens (including phenoxy) is 1. The van der Waals surface area contributed by atoms with Crippen molar-refractivity contribution in [3.63, 3.8) is 0 Å². The van der Waals surface area contributed by atoms with Gasteiger partial charge in [0, 0.05) is 6.42 Å². The minimum Gasteiger partial charge on any atom is -1.00 e. The molecule has 0 aliphatic rings. The fourth-order valence-corrected chi connectivity index (χ4v) is 3.33. The van der Waals surface area contributed by atoms with E-state index in [0.717, 1.165) is 12.8 Å². The van der Waals surface area contributed by atoms with Crippen molar-refractivity contribution in [3.8, 4) is 0 Å². The van der Waals surface area contributed by atoms with Gasteiger partial charge in [0.1, 0.15) is 6.04 Å². The molecule has 7 heteroatoms. The number of carboxylic acids is 1. The maximum absolute atomic E-state index is 11.6. The first kappa shape index (κ1) is 35.5. The van der Waals surface area contributed by atoms with E-state index < -0.39 is 18.0 Å². The summed E-state index contributed by atoms with van der Waals surface area (Å²) in [5.41, 5.74) is 5.60. The van der Waals surface area contributed by atoms with Gasteiger partial charge in [-0.25, -0.2) is 0 Å². The Bertz CT molecular complexity index is 395. The van der Waals surface area contributed by atoms with Crippen LogP contribution in [0.2, 0.25) is 0 Å². The molecule has 0 spiro atoms. The number of nitrogens with two attached hydrogens (primary N) is 1. The van der Waals surface area contributed by atoms with Crippen LogP contribution in [-0.2, 0) is 14.3 Å². The molecule has 3 N–H and O–H groups in total. The largest absolute Gasteiger partial charge is 1.00 e. The van der Waals surface area contributed by atoms with Crippen LogP contribution in [0.25, 0.3) is 0 Å². The van der Waals surface area contributed by atoms with Gasteiger partial charge in [-0.2, -0.15) is 0 Å². The number of carbonyl (C=O) groups excluding carboxylic acids is 1. The van der Waals surface area contributed by atoms with Gasteiger partial charge in [-0.3, -0.25) is 9.59 Å². The Morgan fingerprint density at radius 2 is 1.13 bits per heavy atom. The zero-order chi connectivity index (χ0) is 20.9. The van der Waals surface area contributed by atoms with E-state index in [-0.39, 0.29) is 74.8 Å². The summed E-state index contributed by atoms with van der Waals surface area (Å²) in [5.74, 6) is -1.43. The molecule has 0 amide bonds. The second-order valence-corrected chi connectivity index (χ2v) is 8.01. The molecular formula is C23H47NNa2O4. The van der Waals surface area contributed by atoms with Crippen molar-refractivity contribution in [3.05, 3.63) is 0 Å². The molecule has 1 unspecified atom stereocenters. The average molecular weight is 448 g/mol. The fraction of sp³-hybridized carbons (Fsp3) is 0.913. The topological polar surface area (TPSA) is 89.6 Å². The second-order valence-electron chi connectivity index (χ2n) is 8.01. The number of esters is 1. The van der Waals surface area contributed by atoms with Gasteiger partial charge in [0.05, 0.1) is 6.61 Å². The number of carboxylic acid groups (broad SMARTS) is 1. The van der Waals surface area contributed by atoms with Gasteiger partial charge in [-0.05, 0) is 12.8 Å². The van der Waals surface area contributed by atoms with E-state index >= 15 is 0 Å². The number of rotatable bonds is 21. The summed E-state index contributed by atoms with van der Waals surface area (Å²) in [6.45, 7) is 2.65. The van der Waals surface area contributed by atoms with E-state index in [4.69, 9.17) is 15.6 Å². The Labute approximate surface area is 232 Å². The van der Waals surface area contributed by atoms with E-state index in [1.165, 1.54) is 89.9 Å². The maximum Gasteiger partial charge on any atom is 1.00 e. The molecule has 0 saturated carbocycles. The van der Waals surface area contributed by atoms with Gasteiger partial charge in [0.25, 0.3) is 0 Å². The molecule has 0 fully saturated rings. The predicted molar refractivity (Wildman–Crippen MR) is 118 cm³/mol. The van der Waals surface area contributed by atoms with Crippen molar-refractivity contribution < 1.29 is 81.4 Å². The number of aliphatic carboxylic acids is 1. The summed E-state index contributed by atoms with van der Waals surface area (Å²) in [5, 5.41) is 8.57. The van der Waals surface area contributed by atoms with E-state index in [1.54, 1.807) is 0 Å². The summed E-state index contributed by atoms with van der Waals surface area (Å²) in [6.07, 6.45) is 21.0. The molecule has 1 atom stereocenters. The molecule has 0 aliphatic heterocycles. The Balaban J connectivity index is -0.000000607. The first-order chi connectivity index (χ1) is 13.6. The minimum absolute atomic E-state index is 0. The standard InChI is InChI=1S/C23H45NO4.2Na.2H/c1-2-3-4-5-6-7-8-9-10-11-12-13-14-15-16-17-20-28-23(27)21(24)18-19-22(25)26;;;;/h21H,2-20,24H2,1H3,(H,25,26);;;;/q;2*+1;2*-1. The van der Waals surface area contributed by atoms with E-state index in [9.17, 15) is 9.59 Å². The molecule has 0 bridgehead atoms. The van der Waals surface area contributed by atoms with Gasteiger partial charge in [-0.15, -0.1) is 0 Å². The summed E-state index contributed by atoms with van der Waals surface area (Å²) in [6, 6.07) is -0.822. The average Bonchev–Trinajstić information content (AvgIpc) is 2.68. The zero-order valence-corrected chi connectivity index (χ0v) is 24.3. The van der Waals surface area contributed by atoms with E-state index in [1.807, 2.05) is 0 Å². The van der Waals surface area contributed by atoms with E-state index in [0.29, 0.717) is 6.61 Å². The predicted octanol–water partition coefficient (Wildman–Crippen LogP) is 0.216. The number of hydrogen-bond donors (Lipinski definition) is 2. The summed E-state index contributed by atoms with van der Waals surface area (Å²) >= 11 is 0. The SMILES string of the molecule is CCCCCCCCCCCCCCCCCCOC(=O)C(N)CCC(=O)O.[H-].[H-].[Na+].[Na+]. The normalized spacial score (nSPS) is 11.3. The van der Waals surface area contributed by atoms with Crippen molar-refractivity contribution in [2.75, 3.05) is 6.61 Å². The van der Waals surface area contributed by atoms with Crippen LogP contribution in [-0.4, -0.2) is 29.7 Å². The van der Waals surface area contributed by atoms with Crippen LogP contribution in [0, 0.1) is 0 Å². The number of carbonyl (C=O) groups is 2. The fourth-order valence-electron chi connectivity index (χ4n) is 3.33. The van der Waals surface area contributed by atoms with Crippen LogP contribution >= 0.6 is 0 Å². The zero-order valence-electron chi connectivity index (χ0n) is 22.3. The van der Waals surface area contributed by atoms with E-state index in [2.05, 4.69) is 6.92 Å². The third-order valence-corrected chi connectivity index (χ3v) is 5.21. The number of unbranched alkanes of at least 4 members (excludes halogenated alkanes) is 15. The van der Waals surface area contributed by atoms with Gasteiger partial charge in [0.15, 0.2) is 0 Å². The molecule has 0 rings (SSSR count). The first-order valence-corrected chi connectivity index (χ1v) is 11.7. The Hall–Kier alpha value is 0.900. The van der Waals surface area contributed by atoms with Crippen LogP contribution in [0.3, 0.4) is 0 Å². The number of hydrogen-bond acceptors (Lipinski definition) is 4. The molecule has 0 aromatic rings. The quantitative estimate of drug-likeness (QED) is 0.149. The first-order valence-electron chi connectivity index (χ1n) is 11.7. The van der Waals surface area contributed by atoms with Crippen molar-refractivity contribution >= 4 is 11.9 Å². The molecule has 0 aromatic heterocycles. The Morgan fingerprint density at radius 3 is 1.50 bits per heavy atom. The monoisotopic (exact) mass is 447 g/mol. The van der Waals surface area contributed by atoms with Crippen molar-refractivity contribution in [2.24, 2.45) is 5.73 Å². The summed E-state index contributed by atoms with van der Waals surface area (Å²) in [7, 11) is 0. The molecule has 0 saturated heterocycles. The van der Waals surface area contributed by atoms with Crippen LogP contribution in [0.5, 0.6) is 0 Å². The van der Waals surface area contributed by atoms with Gasteiger partial charge in [-0.1, -0.05) is 103 Å². The summed E-state index contributed by atoms with van der Waals surface area (Å²) in [4.78, 5) is 22.0. The van der Waals surface area contributed by atoms with Crippen molar-refractivity contribution in [2.45, 2.75) is 129 Å². The second kappa shape index (κ2) is 27.9. The van der Waals surface area contributed by atoms with Crippen LogP contribution < -0.4 is 64.8 Å². The molecule has 5 nitrogen and oxygen atoms in total. The molecule has 0 aliphatic carbocycles. The molecule has 30 heavy (non-hydrogen) atoms. The van der Waals surface area contributed by atoms with Crippen LogP contribution in [0.1, 0.15) is 125 Å². The van der Waals surface area contributed by atoms with Crippen molar-refractivity contribution in [1.29, 1.82) is 0 Å². The molecule has 0 aromatic carbocycles. The molecule has 170 valence electrons.